The number of carbonyl (C=O) groups is 2. The monoisotopic (exact) mass is 428 g/mol. The van der Waals surface area contributed by atoms with Crippen molar-refractivity contribution in [1.82, 2.24) is 15.2 Å². The first kappa shape index (κ1) is 21.1. The van der Waals surface area contributed by atoms with Crippen LogP contribution in [0, 0.1) is 5.92 Å². The van der Waals surface area contributed by atoms with E-state index in [2.05, 4.69) is 52.7 Å². The molecule has 6 nitrogen and oxygen atoms in total. The molecule has 1 aromatic heterocycles. The molecule has 3 amide bonds. The van der Waals surface area contributed by atoms with Gasteiger partial charge in [-0.2, -0.15) is 11.8 Å². The number of thioether (sulfide) groups is 1. The molecular formula is C23H32N4O2S. The molecule has 3 N–H and O–H groups in total. The van der Waals surface area contributed by atoms with Crippen LogP contribution in [0.1, 0.15) is 46.0 Å². The van der Waals surface area contributed by atoms with E-state index >= 15 is 0 Å². The van der Waals surface area contributed by atoms with E-state index < -0.39 is 0 Å². The minimum atomic E-state index is -0.0399. The maximum absolute atomic E-state index is 12.5. The number of urea groups is 1. The summed E-state index contributed by atoms with van der Waals surface area (Å²) in [5.41, 5.74) is 2.07. The number of rotatable bonds is 9. The van der Waals surface area contributed by atoms with Crippen LogP contribution in [-0.2, 0) is 11.3 Å². The average Bonchev–Trinajstić information content (AvgIpc) is 3.38. The van der Waals surface area contributed by atoms with E-state index in [1.54, 1.807) is 0 Å². The Balaban J connectivity index is 1.25. The smallest absolute Gasteiger partial charge is 0.315 e. The Morgan fingerprint density at radius 1 is 1.27 bits per heavy atom. The number of nitrogens with zero attached hydrogens (tertiary/aromatic N) is 1. The number of aryl methyl sites for hydroxylation is 1. The fourth-order valence-corrected chi connectivity index (χ4v) is 5.96. The topological polar surface area (TPSA) is 75.2 Å². The maximum atomic E-state index is 12.5. The summed E-state index contributed by atoms with van der Waals surface area (Å²) in [5.74, 6) is 1.72. The van der Waals surface area contributed by atoms with Gasteiger partial charge in [-0.3, -0.25) is 4.79 Å². The van der Waals surface area contributed by atoms with Crippen LogP contribution in [0.25, 0.3) is 10.9 Å². The molecule has 0 aliphatic carbocycles. The van der Waals surface area contributed by atoms with Gasteiger partial charge in [-0.25, -0.2) is 4.79 Å². The first-order valence-electron chi connectivity index (χ1n) is 11.1. The molecule has 2 aromatic rings. The van der Waals surface area contributed by atoms with Gasteiger partial charge >= 0.3 is 6.03 Å². The Bertz CT molecular complexity index is 910. The summed E-state index contributed by atoms with van der Waals surface area (Å²) < 4.78 is 2.27. The summed E-state index contributed by atoms with van der Waals surface area (Å²) >= 11 is 1.93. The predicted molar refractivity (Wildman–Crippen MR) is 124 cm³/mol. The second-order valence-corrected chi connectivity index (χ2v) is 10.1. The van der Waals surface area contributed by atoms with Crippen LogP contribution >= 0.6 is 11.8 Å². The zero-order valence-corrected chi connectivity index (χ0v) is 18.6. The average molecular weight is 429 g/mol. The fraction of sp³-hybridized carbons (Fsp3) is 0.565. The van der Waals surface area contributed by atoms with E-state index in [9.17, 15) is 9.59 Å². The van der Waals surface area contributed by atoms with Crippen LogP contribution < -0.4 is 16.0 Å². The van der Waals surface area contributed by atoms with E-state index in [1.807, 2.05) is 23.9 Å². The van der Waals surface area contributed by atoms with Crippen LogP contribution in [0.4, 0.5) is 10.5 Å². The number of nitrogens with one attached hydrogen (secondary N) is 3. The molecule has 2 fully saturated rings. The van der Waals surface area contributed by atoms with Crippen LogP contribution in [0.15, 0.2) is 30.5 Å². The second-order valence-electron chi connectivity index (χ2n) is 8.85. The summed E-state index contributed by atoms with van der Waals surface area (Å²) in [7, 11) is 0. The minimum Gasteiger partial charge on any atom is -0.347 e. The molecule has 3 atom stereocenters. The van der Waals surface area contributed by atoms with Crippen LogP contribution in [0.3, 0.4) is 0 Å². The number of anilines is 1. The highest BCUT2D eigenvalue weighted by molar-refractivity contribution is 8.00. The highest BCUT2D eigenvalue weighted by Crippen LogP contribution is 2.33. The first-order valence-corrected chi connectivity index (χ1v) is 12.1. The molecule has 30 heavy (non-hydrogen) atoms. The Hall–Kier alpha value is -2.15. The SMILES string of the molecule is CC(C)CCn1ccc2c(NC(=O)CCCCC3SCC4NC(=O)NC43)cccc21. The fourth-order valence-electron chi connectivity index (χ4n) is 4.41. The third-order valence-corrected chi connectivity index (χ3v) is 7.62. The van der Waals surface area contributed by atoms with Gasteiger partial charge in [-0.1, -0.05) is 26.3 Å². The van der Waals surface area contributed by atoms with Crippen molar-refractivity contribution in [3.8, 4) is 0 Å². The summed E-state index contributed by atoms with van der Waals surface area (Å²) in [4.78, 5) is 24.0. The van der Waals surface area contributed by atoms with Crippen LogP contribution in [0.2, 0.25) is 0 Å². The Morgan fingerprint density at radius 3 is 2.97 bits per heavy atom. The van der Waals surface area contributed by atoms with Gasteiger partial charge in [0, 0.05) is 35.6 Å². The molecule has 0 spiro atoms. The van der Waals surface area contributed by atoms with Crippen molar-refractivity contribution < 1.29 is 9.59 Å². The summed E-state index contributed by atoms with van der Waals surface area (Å²) in [5, 5.41) is 10.7. The van der Waals surface area contributed by atoms with Gasteiger partial charge in [0.1, 0.15) is 0 Å². The molecular weight excluding hydrogens is 396 g/mol. The van der Waals surface area contributed by atoms with Crippen molar-refractivity contribution in [3.05, 3.63) is 30.5 Å². The summed E-state index contributed by atoms with van der Waals surface area (Å²) in [6.45, 7) is 5.47. The Labute approximate surface area is 182 Å². The van der Waals surface area contributed by atoms with E-state index in [0.717, 1.165) is 49.1 Å². The maximum Gasteiger partial charge on any atom is 0.315 e. The van der Waals surface area contributed by atoms with Crippen molar-refractivity contribution in [1.29, 1.82) is 0 Å². The van der Waals surface area contributed by atoms with Gasteiger partial charge in [0.05, 0.1) is 23.3 Å². The van der Waals surface area contributed by atoms with Crippen molar-refractivity contribution in [3.63, 3.8) is 0 Å². The van der Waals surface area contributed by atoms with E-state index in [1.165, 1.54) is 5.52 Å². The highest BCUT2D eigenvalue weighted by Gasteiger charge is 2.42. The summed E-state index contributed by atoms with van der Waals surface area (Å²) in [6.07, 6.45) is 6.69. The standard InChI is InChI=1S/C23H32N4O2S/c1-15(2)10-12-27-13-11-16-17(6-5-7-19(16)27)24-21(28)9-4-3-8-20-22-18(14-30-20)25-23(29)26-22/h5-7,11,13,15,18,20,22H,3-4,8-10,12,14H2,1-2H3,(H,24,28)(H2,25,26,29). The van der Waals surface area contributed by atoms with E-state index in [-0.39, 0.29) is 24.0 Å². The lowest BCUT2D eigenvalue weighted by Gasteiger charge is -2.16. The number of hydrogen-bond acceptors (Lipinski definition) is 3. The summed E-state index contributed by atoms with van der Waals surface area (Å²) in [6, 6.07) is 8.69. The third kappa shape index (κ3) is 4.77. The molecule has 3 heterocycles. The van der Waals surface area contributed by atoms with Gasteiger partial charge in [0.15, 0.2) is 0 Å². The number of aromatic nitrogens is 1. The van der Waals surface area contributed by atoms with Gasteiger partial charge in [0.2, 0.25) is 5.91 Å². The number of hydrogen-bond donors (Lipinski definition) is 3. The zero-order valence-electron chi connectivity index (χ0n) is 17.8. The molecule has 7 heteroatoms. The van der Waals surface area contributed by atoms with Crippen molar-refractivity contribution in [2.45, 2.75) is 69.8 Å². The zero-order chi connectivity index (χ0) is 21.1. The normalized spacial score (nSPS) is 22.9. The van der Waals surface area contributed by atoms with Crippen LogP contribution in [-0.4, -0.2) is 39.6 Å². The first-order chi connectivity index (χ1) is 14.5. The lowest BCUT2D eigenvalue weighted by molar-refractivity contribution is -0.116. The van der Waals surface area contributed by atoms with Gasteiger partial charge in [-0.15, -0.1) is 0 Å². The molecule has 0 saturated carbocycles. The highest BCUT2D eigenvalue weighted by atomic mass is 32.2. The third-order valence-electron chi connectivity index (χ3n) is 6.12. The molecule has 3 unspecified atom stereocenters. The van der Waals surface area contributed by atoms with E-state index in [4.69, 9.17) is 0 Å². The molecule has 0 radical (unpaired) electrons. The predicted octanol–water partition coefficient (Wildman–Crippen LogP) is 4.35. The number of carbonyl (C=O) groups excluding carboxylic acids is 2. The molecule has 0 bridgehead atoms. The molecule has 2 aliphatic heterocycles. The molecule has 2 aliphatic rings. The number of benzene rings is 1. The lowest BCUT2D eigenvalue weighted by Crippen LogP contribution is -2.36. The number of fused-ring (bicyclic) bond motifs is 2. The minimum absolute atomic E-state index is 0.0399. The van der Waals surface area contributed by atoms with Gasteiger partial charge in [0.25, 0.3) is 0 Å². The molecule has 2 saturated heterocycles. The van der Waals surface area contributed by atoms with E-state index in [0.29, 0.717) is 17.6 Å². The quantitative estimate of drug-likeness (QED) is 0.410. The molecule has 162 valence electrons. The molecule has 1 aromatic carbocycles. The van der Waals surface area contributed by atoms with Crippen molar-refractivity contribution >= 4 is 40.3 Å². The largest absolute Gasteiger partial charge is 0.347 e. The number of unbranched alkanes of at least 4 members (excludes halogenated alkanes) is 1. The van der Waals surface area contributed by atoms with Crippen molar-refractivity contribution in [2.24, 2.45) is 5.92 Å². The number of amides is 3. The van der Waals surface area contributed by atoms with Gasteiger partial charge in [-0.05, 0) is 43.4 Å². The Morgan fingerprint density at radius 2 is 2.13 bits per heavy atom. The molecule has 4 rings (SSSR count). The lowest BCUT2D eigenvalue weighted by atomic mass is 10.0. The van der Waals surface area contributed by atoms with Gasteiger partial charge < -0.3 is 20.5 Å². The Kier molecular flexibility index (Phi) is 6.56. The second kappa shape index (κ2) is 9.33. The van der Waals surface area contributed by atoms with Crippen LogP contribution in [0.5, 0.6) is 0 Å². The van der Waals surface area contributed by atoms with Crippen molar-refractivity contribution in [2.75, 3.05) is 11.1 Å².